The van der Waals surface area contributed by atoms with E-state index in [1.54, 1.807) is 16.7 Å². The quantitative estimate of drug-likeness (QED) is 0.300. The molecule has 2 heterocycles. The first-order chi connectivity index (χ1) is 18.5. The highest BCUT2D eigenvalue weighted by Crippen LogP contribution is 2.39. The molecule has 1 aliphatic carbocycles. The topological polar surface area (TPSA) is 75.5 Å². The van der Waals surface area contributed by atoms with Crippen LogP contribution in [0.4, 0.5) is 0 Å². The number of halogens is 1. The van der Waals surface area contributed by atoms with Crippen LogP contribution in [0.5, 0.6) is 0 Å². The molecular weight excluding hydrogens is 496 g/mol. The third-order valence-electron chi connectivity index (χ3n) is 7.55. The van der Waals surface area contributed by atoms with Crippen LogP contribution in [0.1, 0.15) is 59.4 Å². The molecule has 38 heavy (non-hydrogen) atoms. The third kappa shape index (κ3) is 6.08. The van der Waals surface area contributed by atoms with Crippen molar-refractivity contribution in [2.24, 2.45) is 0 Å². The molecule has 2 aromatic carbocycles. The van der Waals surface area contributed by atoms with E-state index in [-0.39, 0.29) is 23.7 Å². The summed E-state index contributed by atoms with van der Waals surface area (Å²) in [5.41, 5.74) is 4.12. The maximum Gasteiger partial charge on any atom is 0.268 e. The van der Waals surface area contributed by atoms with Gasteiger partial charge in [-0.3, -0.25) is 14.0 Å². The fourth-order valence-corrected chi connectivity index (χ4v) is 5.61. The van der Waals surface area contributed by atoms with Crippen molar-refractivity contribution in [3.05, 3.63) is 107 Å². The molecule has 4 aromatic rings. The minimum absolute atomic E-state index is 0.0670. The standard InChI is InChI=1S/C31H33ClN4O2/c32-25-14-12-24(13-15-25)31(17-5-2-6-18-31)22-34-29(37)20-26-21-36-27(10-7-11-28(36)35-26)30(38)33-19-16-23-8-3-1-4-9-23/h1,3-4,7-15,21H,2,5-6,16-20,22H2,(H,33,38)(H,34,37). The lowest BCUT2D eigenvalue weighted by atomic mass is 9.69. The van der Waals surface area contributed by atoms with E-state index in [0.29, 0.717) is 30.1 Å². The molecule has 1 saturated carbocycles. The summed E-state index contributed by atoms with van der Waals surface area (Å²) in [4.78, 5) is 30.5. The lowest BCUT2D eigenvalue weighted by molar-refractivity contribution is -0.120. The summed E-state index contributed by atoms with van der Waals surface area (Å²) in [6.07, 6.45) is 8.34. The molecule has 0 unspecified atom stereocenters. The van der Waals surface area contributed by atoms with E-state index < -0.39 is 0 Å². The molecule has 5 rings (SSSR count). The molecule has 2 N–H and O–H groups in total. The summed E-state index contributed by atoms with van der Waals surface area (Å²) in [6.45, 7) is 1.13. The van der Waals surface area contributed by atoms with Crippen LogP contribution >= 0.6 is 11.6 Å². The highest BCUT2D eigenvalue weighted by atomic mass is 35.5. The van der Waals surface area contributed by atoms with Crippen molar-refractivity contribution in [3.63, 3.8) is 0 Å². The van der Waals surface area contributed by atoms with Gasteiger partial charge in [-0.25, -0.2) is 4.98 Å². The van der Waals surface area contributed by atoms with E-state index in [0.717, 1.165) is 37.1 Å². The molecule has 0 spiro atoms. The Morgan fingerprint density at radius 2 is 1.66 bits per heavy atom. The van der Waals surface area contributed by atoms with Crippen LogP contribution in [0.25, 0.3) is 5.65 Å². The Labute approximate surface area is 228 Å². The Morgan fingerprint density at radius 3 is 2.42 bits per heavy atom. The van der Waals surface area contributed by atoms with Crippen molar-refractivity contribution < 1.29 is 9.59 Å². The zero-order chi connectivity index (χ0) is 26.4. The van der Waals surface area contributed by atoms with E-state index in [4.69, 9.17) is 11.6 Å². The number of nitrogens with one attached hydrogen (secondary N) is 2. The van der Waals surface area contributed by atoms with Gasteiger partial charge in [0.05, 0.1) is 12.1 Å². The first kappa shape index (κ1) is 26.0. The summed E-state index contributed by atoms with van der Waals surface area (Å²) >= 11 is 6.12. The molecule has 2 aromatic heterocycles. The van der Waals surface area contributed by atoms with Crippen molar-refractivity contribution in [1.29, 1.82) is 0 Å². The molecule has 196 valence electrons. The minimum Gasteiger partial charge on any atom is -0.355 e. The number of carbonyl (C=O) groups excluding carboxylic acids is 2. The van der Waals surface area contributed by atoms with Gasteiger partial charge in [0.2, 0.25) is 5.91 Å². The highest BCUT2D eigenvalue weighted by Gasteiger charge is 2.34. The fraction of sp³-hybridized carbons (Fsp3) is 0.323. The SMILES string of the molecule is O=C(Cc1cn2c(C(=O)NCCc3ccccc3)cccc2n1)NCC1(c2ccc(Cl)cc2)CCCCC1. The second-order valence-electron chi connectivity index (χ2n) is 10.2. The fourth-order valence-electron chi connectivity index (χ4n) is 5.48. The number of fused-ring (bicyclic) bond motifs is 1. The van der Waals surface area contributed by atoms with Gasteiger partial charge in [0.15, 0.2) is 0 Å². The normalized spacial score (nSPS) is 14.8. The second-order valence-corrected chi connectivity index (χ2v) is 10.6. The number of benzene rings is 2. The summed E-state index contributed by atoms with van der Waals surface area (Å²) < 4.78 is 1.76. The molecule has 0 atom stereocenters. The first-order valence-corrected chi connectivity index (χ1v) is 13.7. The van der Waals surface area contributed by atoms with Gasteiger partial charge in [-0.15, -0.1) is 0 Å². The maximum absolute atomic E-state index is 13.0. The summed E-state index contributed by atoms with van der Waals surface area (Å²) in [5, 5.41) is 6.90. The Morgan fingerprint density at radius 1 is 0.895 bits per heavy atom. The van der Waals surface area contributed by atoms with Gasteiger partial charge in [0, 0.05) is 29.7 Å². The summed E-state index contributed by atoms with van der Waals surface area (Å²) in [7, 11) is 0. The largest absolute Gasteiger partial charge is 0.355 e. The van der Waals surface area contributed by atoms with Gasteiger partial charge in [-0.05, 0) is 54.7 Å². The van der Waals surface area contributed by atoms with Crippen molar-refractivity contribution in [2.75, 3.05) is 13.1 Å². The van der Waals surface area contributed by atoms with E-state index in [2.05, 4.69) is 27.8 Å². The van der Waals surface area contributed by atoms with Gasteiger partial charge in [0.1, 0.15) is 11.3 Å². The van der Waals surface area contributed by atoms with Gasteiger partial charge in [-0.1, -0.05) is 79.4 Å². The molecule has 0 radical (unpaired) electrons. The number of aromatic nitrogens is 2. The smallest absolute Gasteiger partial charge is 0.268 e. The number of carbonyl (C=O) groups is 2. The molecule has 7 heteroatoms. The van der Waals surface area contributed by atoms with Gasteiger partial charge in [0.25, 0.3) is 5.91 Å². The molecular formula is C31H33ClN4O2. The van der Waals surface area contributed by atoms with Crippen LogP contribution in [0.2, 0.25) is 5.02 Å². The van der Waals surface area contributed by atoms with Crippen molar-refractivity contribution in [1.82, 2.24) is 20.0 Å². The Bertz CT molecular complexity index is 1390. The van der Waals surface area contributed by atoms with Crippen molar-refractivity contribution in [2.45, 2.75) is 50.4 Å². The van der Waals surface area contributed by atoms with Crippen LogP contribution in [-0.2, 0) is 23.1 Å². The maximum atomic E-state index is 13.0. The van der Waals surface area contributed by atoms with Crippen molar-refractivity contribution >= 4 is 29.1 Å². The van der Waals surface area contributed by atoms with E-state index in [1.165, 1.54) is 17.5 Å². The number of nitrogens with zero attached hydrogens (tertiary/aromatic N) is 2. The molecule has 6 nitrogen and oxygen atoms in total. The number of rotatable bonds is 9. The van der Waals surface area contributed by atoms with Gasteiger partial charge >= 0.3 is 0 Å². The zero-order valence-electron chi connectivity index (χ0n) is 21.5. The van der Waals surface area contributed by atoms with Crippen LogP contribution in [-0.4, -0.2) is 34.3 Å². The van der Waals surface area contributed by atoms with Crippen LogP contribution < -0.4 is 10.6 Å². The number of pyridine rings is 1. The molecule has 2 amide bonds. The van der Waals surface area contributed by atoms with E-state index >= 15 is 0 Å². The molecule has 0 aliphatic heterocycles. The first-order valence-electron chi connectivity index (χ1n) is 13.3. The zero-order valence-corrected chi connectivity index (χ0v) is 22.2. The molecule has 0 bridgehead atoms. The highest BCUT2D eigenvalue weighted by molar-refractivity contribution is 6.30. The third-order valence-corrected chi connectivity index (χ3v) is 7.80. The van der Waals surface area contributed by atoms with Gasteiger partial charge in [-0.2, -0.15) is 0 Å². The number of amides is 2. The minimum atomic E-state index is -0.165. The van der Waals surface area contributed by atoms with Crippen LogP contribution in [0.3, 0.4) is 0 Å². The summed E-state index contributed by atoms with van der Waals surface area (Å²) in [5.74, 6) is -0.233. The van der Waals surface area contributed by atoms with Crippen LogP contribution in [0, 0.1) is 0 Å². The Hall–Kier alpha value is -3.64. The lowest BCUT2D eigenvalue weighted by Gasteiger charge is -2.38. The molecule has 1 fully saturated rings. The van der Waals surface area contributed by atoms with Crippen LogP contribution in [0.15, 0.2) is 79.0 Å². The number of hydrogen-bond donors (Lipinski definition) is 2. The second kappa shape index (κ2) is 11.8. The van der Waals surface area contributed by atoms with Gasteiger partial charge < -0.3 is 10.6 Å². The predicted molar refractivity (Wildman–Crippen MR) is 151 cm³/mol. The summed E-state index contributed by atoms with van der Waals surface area (Å²) in [6, 6.07) is 23.5. The van der Waals surface area contributed by atoms with E-state index in [9.17, 15) is 9.59 Å². The lowest BCUT2D eigenvalue weighted by Crippen LogP contribution is -2.42. The average molecular weight is 529 g/mol. The molecule has 0 saturated heterocycles. The molecule has 1 aliphatic rings. The number of imidazole rings is 1. The van der Waals surface area contributed by atoms with E-state index in [1.807, 2.05) is 54.6 Å². The van der Waals surface area contributed by atoms with Crippen molar-refractivity contribution in [3.8, 4) is 0 Å². The monoisotopic (exact) mass is 528 g/mol. The number of hydrogen-bond acceptors (Lipinski definition) is 3. The average Bonchev–Trinajstić information content (AvgIpc) is 3.36. The predicted octanol–water partition coefficient (Wildman–Crippen LogP) is 5.52. The Balaban J connectivity index is 1.22. The Kier molecular flexibility index (Phi) is 8.08.